The minimum absolute atomic E-state index is 0.213. The average Bonchev–Trinajstić information content (AvgIpc) is 2.89. The molecule has 0 aromatic heterocycles. The van der Waals surface area contributed by atoms with Crippen LogP contribution in [0.3, 0.4) is 0 Å². The van der Waals surface area contributed by atoms with Crippen LogP contribution < -0.4 is 0 Å². The van der Waals surface area contributed by atoms with Crippen molar-refractivity contribution in [3.63, 3.8) is 0 Å². The highest BCUT2D eigenvalue weighted by molar-refractivity contribution is 9.09. The van der Waals surface area contributed by atoms with E-state index in [2.05, 4.69) is 28.9 Å². The second kappa shape index (κ2) is 13.2. The highest BCUT2D eigenvalue weighted by atomic mass is 79.9. The highest BCUT2D eigenvalue weighted by Gasteiger charge is 2.32. The van der Waals surface area contributed by atoms with E-state index in [-0.39, 0.29) is 12.0 Å². The number of allylic oxidation sites excluding steroid dienone is 1. The number of Topliss-reactive ketones (excluding diaryl/α,β-unsaturated/α-hetero) is 1. The molecule has 134 valence electrons. The molecule has 0 spiro atoms. The minimum atomic E-state index is -0.331. The van der Waals surface area contributed by atoms with Crippen LogP contribution in [0.4, 0.5) is 0 Å². The van der Waals surface area contributed by atoms with Crippen molar-refractivity contribution in [1.82, 2.24) is 0 Å². The van der Waals surface area contributed by atoms with E-state index in [0.717, 1.165) is 37.4 Å². The number of unbranched alkanes of at least 4 members (excludes halogenated alkanes) is 6. The summed E-state index contributed by atoms with van der Waals surface area (Å²) in [6.07, 6.45) is 17.0. The normalized spacial score (nSPS) is 23.0. The molecule has 0 aromatic carbocycles. The Kier molecular flexibility index (Phi) is 12.0. The fraction of sp³-hybridized carbons (Fsp3) is 0.850. The number of ketones is 1. The first-order chi connectivity index (χ1) is 11.2. The van der Waals surface area contributed by atoms with E-state index in [1.54, 1.807) is 0 Å². The number of rotatable bonds is 13. The molecule has 0 saturated heterocycles. The van der Waals surface area contributed by atoms with Gasteiger partial charge in [0, 0.05) is 17.7 Å². The second-order valence-corrected chi connectivity index (χ2v) is 7.76. The first kappa shape index (κ1) is 20.9. The molecule has 0 aromatic rings. The number of halogens is 1. The summed E-state index contributed by atoms with van der Waals surface area (Å²) in [5.41, 5.74) is 0. The quantitative estimate of drug-likeness (QED) is 0.246. The van der Waals surface area contributed by atoms with Gasteiger partial charge in [0.15, 0.2) is 0 Å². The van der Waals surface area contributed by atoms with Crippen molar-refractivity contribution < 1.29 is 9.90 Å². The fourth-order valence-electron chi connectivity index (χ4n) is 3.50. The third-order valence-electron chi connectivity index (χ3n) is 4.99. The second-order valence-electron chi connectivity index (χ2n) is 6.97. The van der Waals surface area contributed by atoms with Gasteiger partial charge in [0.2, 0.25) is 0 Å². The first-order valence-electron chi connectivity index (χ1n) is 9.64. The molecule has 1 N–H and O–H groups in total. The Labute approximate surface area is 151 Å². The molecule has 0 unspecified atom stereocenters. The third kappa shape index (κ3) is 9.05. The third-order valence-corrected chi connectivity index (χ3v) is 5.55. The molecule has 1 rings (SSSR count). The smallest absolute Gasteiger partial charge is 0.136 e. The van der Waals surface area contributed by atoms with E-state index in [4.69, 9.17) is 0 Å². The molecule has 1 aliphatic carbocycles. The Morgan fingerprint density at radius 3 is 2.65 bits per heavy atom. The Hall–Kier alpha value is -0.150. The molecule has 3 heteroatoms. The minimum Gasteiger partial charge on any atom is -0.389 e. The number of aliphatic hydroxyl groups excluding tert-OH is 1. The molecular weight excluding hydrogens is 352 g/mol. The van der Waals surface area contributed by atoms with Gasteiger partial charge in [-0.25, -0.2) is 0 Å². The van der Waals surface area contributed by atoms with Gasteiger partial charge in [0.05, 0.1) is 6.10 Å². The topological polar surface area (TPSA) is 37.3 Å². The molecule has 3 atom stereocenters. The number of alkyl halides is 1. The van der Waals surface area contributed by atoms with Crippen molar-refractivity contribution in [2.75, 3.05) is 5.33 Å². The van der Waals surface area contributed by atoms with Crippen molar-refractivity contribution >= 4 is 21.7 Å². The van der Waals surface area contributed by atoms with Crippen LogP contribution in [0.1, 0.15) is 84.0 Å². The van der Waals surface area contributed by atoms with Crippen molar-refractivity contribution in [3.05, 3.63) is 12.2 Å². The zero-order chi connectivity index (χ0) is 16.9. The summed E-state index contributed by atoms with van der Waals surface area (Å²) >= 11 is 3.46. The maximum absolute atomic E-state index is 12.1. The van der Waals surface area contributed by atoms with Gasteiger partial charge in [-0.2, -0.15) is 0 Å². The highest BCUT2D eigenvalue weighted by Crippen LogP contribution is 2.34. The number of aliphatic hydroxyl groups is 1. The van der Waals surface area contributed by atoms with E-state index in [1.165, 1.54) is 44.9 Å². The van der Waals surface area contributed by atoms with Crippen LogP contribution in [0.15, 0.2) is 12.2 Å². The molecule has 23 heavy (non-hydrogen) atoms. The summed E-state index contributed by atoms with van der Waals surface area (Å²) in [7, 11) is 0. The zero-order valence-corrected chi connectivity index (χ0v) is 16.4. The molecule has 0 aliphatic heterocycles. The molecule has 2 nitrogen and oxygen atoms in total. The van der Waals surface area contributed by atoms with Crippen molar-refractivity contribution in [3.8, 4) is 0 Å². The van der Waals surface area contributed by atoms with Crippen LogP contribution in [-0.2, 0) is 4.79 Å². The van der Waals surface area contributed by atoms with E-state index in [9.17, 15) is 9.90 Å². The monoisotopic (exact) mass is 386 g/mol. The van der Waals surface area contributed by atoms with Gasteiger partial charge >= 0.3 is 0 Å². The van der Waals surface area contributed by atoms with Crippen LogP contribution in [0.2, 0.25) is 0 Å². The van der Waals surface area contributed by atoms with Gasteiger partial charge in [0.1, 0.15) is 5.78 Å². The Balaban J connectivity index is 2.28. The molecule has 1 aliphatic rings. The van der Waals surface area contributed by atoms with Crippen LogP contribution in [0.25, 0.3) is 0 Å². The van der Waals surface area contributed by atoms with Crippen LogP contribution in [-0.4, -0.2) is 22.3 Å². The lowest BCUT2D eigenvalue weighted by atomic mass is 9.89. The molecule has 0 heterocycles. The Morgan fingerprint density at radius 2 is 1.91 bits per heavy atom. The predicted molar refractivity (Wildman–Crippen MR) is 102 cm³/mol. The predicted octanol–water partition coefficient (Wildman–Crippen LogP) is 5.81. The van der Waals surface area contributed by atoms with Gasteiger partial charge < -0.3 is 5.11 Å². The molecule has 0 bridgehead atoms. The molecular formula is C20H35BrO2. The summed E-state index contributed by atoms with van der Waals surface area (Å²) in [6, 6.07) is 0. The van der Waals surface area contributed by atoms with Crippen molar-refractivity contribution in [2.45, 2.75) is 90.1 Å². The Bertz CT molecular complexity index is 341. The van der Waals surface area contributed by atoms with E-state index < -0.39 is 0 Å². The summed E-state index contributed by atoms with van der Waals surface area (Å²) in [5.74, 6) is 1.02. The lowest BCUT2D eigenvalue weighted by Gasteiger charge is -2.15. The van der Waals surface area contributed by atoms with Gasteiger partial charge in [-0.05, 0) is 31.6 Å². The number of carbonyl (C=O) groups is 1. The largest absolute Gasteiger partial charge is 0.389 e. The Morgan fingerprint density at radius 1 is 1.17 bits per heavy atom. The molecule has 1 saturated carbocycles. The van der Waals surface area contributed by atoms with Gasteiger partial charge in [-0.15, -0.1) is 0 Å². The maximum Gasteiger partial charge on any atom is 0.136 e. The number of hydrogen-bond donors (Lipinski definition) is 1. The van der Waals surface area contributed by atoms with Gasteiger partial charge in [0.25, 0.3) is 0 Å². The van der Waals surface area contributed by atoms with E-state index >= 15 is 0 Å². The van der Waals surface area contributed by atoms with Crippen LogP contribution in [0.5, 0.6) is 0 Å². The lowest BCUT2D eigenvalue weighted by Crippen LogP contribution is -2.14. The summed E-state index contributed by atoms with van der Waals surface area (Å²) in [6.45, 7) is 2.18. The lowest BCUT2D eigenvalue weighted by molar-refractivity contribution is -0.121. The van der Waals surface area contributed by atoms with Gasteiger partial charge in [-0.3, -0.25) is 4.79 Å². The van der Waals surface area contributed by atoms with E-state index in [0.29, 0.717) is 11.7 Å². The van der Waals surface area contributed by atoms with E-state index in [1.807, 2.05) is 6.08 Å². The first-order valence-corrected chi connectivity index (χ1v) is 10.8. The fourth-order valence-corrected chi connectivity index (χ4v) is 3.90. The summed E-state index contributed by atoms with van der Waals surface area (Å²) < 4.78 is 0. The number of hydrogen-bond acceptors (Lipinski definition) is 2. The maximum atomic E-state index is 12.1. The average molecular weight is 387 g/mol. The van der Waals surface area contributed by atoms with Gasteiger partial charge in [-0.1, -0.05) is 80.0 Å². The number of carbonyl (C=O) groups excluding carboxylic acids is 1. The molecule has 0 radical (unpaired) electrons. The zero-order valence-electron chi connectivity index (χ0n) is 14.8. The molecule has 1 fully saturated rings. The van der Waals surface area contributed by atoms with Crippen LogP contribution in [0, 0.1) is 11.8 Å². The standard InChI is InChI=1S/C20H35BrO2/c1-2-3-7-10-18(22)14-12-17-13-15-20(23)19(17)11-8-5-4-6-9-16-21/h12,14,17-19,22H,2-11,13,15-16H2,1H3/b14-12+/t17-,18-,19+/m0/s1. The van der Waals surface area contributed by atoms with Crippen LogP contribution >= 0.6 is 15.9 Å². The SMILES string of the molecule is CCCCC[C@H](O)/C=C/[C@H]1CCC(=O)[C@@H]1CCCCCCCBr. The molecule has 0 amide bonds. The van der Waals surface area contributed by atoms with Crippen molar-refractivity contribution in [2.24, 2.45) is 11.8 Å². The van der Waals surface area contributed by atoms with Crippen molar-refractivity contribution in [1.29, 1.82) is 0 Å². The summed E-state index contributed by atoms with van der Waals surface area (Å²) in [5, 5.41) is 11.1. The summed E-state index contributed by atoms with van der Waals surface area (Å²) in [4.78, 5) is 12.1.